The lowest BCUT2D eigenvalue weighted by Gasteiger charge is -2.13. The van der Waals surface area contributed by atoms with Crippen LogP contribution in [-0.2, 0) is 9.59 Å². The van der Waals surface area contributed by atoms with Crippen molar-refractivity contribution in [2.75, 3.05) is 13.2 Å². The second-order valence-corrected chi connectivity index (χ2v) is 7.76. The number of hydrogen-bond acceptors (Lipinski definition) is 4. The topological polar surface area (TPSA) is 76.7 Å². The largest absolute Gasteiger partial charge is 0.483 e. The van der Waals surface area contributed by atoms with Gasteiger partial charge < -0.3 is 9.47 Å². The number of ether oxygens (including phenoxy) is 2. The molecule has 3 aromatic carbocycles. The van der Waals surface area contributed by atoms with Crippen LogP contribution >= 0.6 is 15.9 Å². The highest BCUT2D eigenvalue weighted by Crippen LogP contribution is 2.30. The van der Waals surface area contributed by atoms with Crippen LogP contribution in [-0.4, -0.2) is 25.0 Å². The van der Waals surface area contributed by atoms with E-state index >= 15 is 0 Å². The summed E-state index contributed by atoms with van der Waals surface area (Å²) in [4.78, 5) is 23.9. The molecule has 0 aliphatic rings. The first-order valence-electron chi connectivity index (χ1n) is 9.68. The third-order valence-corrected chi connectivity index (χ3v) is 5.12. The molecule has 0 aromatic heterocycles. The van der Waals surface area contributed by atoms with Crippen molar-refractivity contribution in [3.63, 3.8) is 0 Å². The lowest BCUT2D eigenvalue weighted by atomic mass is 10.1. The standard InChI is InChI=1S/C24H23BrN2O4/c1-16-7-6-8-17(2)24(16)31-15-23(29)27-26-22(28)14-30-21-12-11-19(13-20(21)25)18-9-4-3-5-10-18/h3-13H,14-15H2,1-2H3,(H,26,28)(H,27,29). The number of halogens is 1. The smallest absolute Gasteiger partial charge is 0.276 e. The van der Waals surface area contributed by atoms with Crippen molar-refractivity contribution in [3.05, 3.63) is 82.3 Å². The second kappa shape index (κ2) is 10.6. The Morgan fingerprint density at radius 2 is 1.39 bits per heavy atom. The molecule has 0 atom stereocenters. The first kappa shape index (κ1) is 22.4. The molecule has 160 valence electrons. The fraction of sp³-hybridized carbons (Fsp3) is 0.167. The number of para-hydroxylation sites is 1. The normalized spacial score (nSPS) is 10.3. The van der Waals surface area contributed by atoms with E-state index in [2.05, 4.69) is 26.8 Å². The van der Waals surface area contributed by atoms with E-state index in [0.717, 1.165) is 26.7 Å². The van der Waals surface area contributed by atoms with E-state index in [0.29, 0.717) is 11.5 Å². The lowest BCUT2D eigenvalue weighted by Crippen LogP contribution is -2.45. The van der Waals surface area contributed by atoms with Gasteiger partial charge in [-0.25, -0.2) is 0 Å². The predicted molar refractivity (Wildman–Crippen MR) is 123 cm³/mol. The van der Waals surface area contributed by atoms with Gasteiger partial charge in [0, 0.05) is 0 Å². The first-order chi connectivity index (χ1) is 14.9. The van der Waals surface area contributed by atoms with E-state index in [-0.39, 0.29) is 13.2 Å². The molecule has 0 saturated heterocycles. The monoisotopic (exact) mass is 482 g/mol. The third kappa shape index (κ3) is 6.33. The maximum absolute atomic E-state index is 12.0. The zero-order chi connectivity index (χ0) is 22.2. The number of carbonyl (C=O) groups excluding carboxylic acids is 2. The highest BCUT2D eigenvalue weighted by molar-refractivity contribution is 9.10. The fourth-order valence-electron chi connectivity index (χ4n) is 2.95. The molecule has 0 bridgehead atoms. The predicted octanol–water partition coefficient (Wildman–Crippen LogP) is 4.34. The molecule has 0 spiro atoms. The van der Waals surface area contributed by atoms with Crippen LogP contribution in [0, 0.1) is 13.8 Å². The fourth-order valence-corrected chi connectivity index (χ4v) is 3.44. The Kier molecular flexibility index (Phi) is 7.67. The molecule has 0 saturated carbocycles. The molecule has 3 rings (SSSR count). The van der Waals surface area contributed by atoms with E-state index in [9.17, 15) is 9.59 Å². The van der Waals surface area contributed by atoms with Gasteiger partial charge in [0.2, 0.25) is 0 Å². The van der Waals surface area contributed by atoms with Crippen LogP contribution in [0.3, 0.4) is 0 Å². The summed E-state index contributed by atoms with van der Waals surface area (Å²) in [6.07, 6.45) is 0. The van der Waals surface area contributed by atoms with Gasteiger partial charge in [-0.2, -0.15) is 0 Å². The Labute approximate surface area is 189 Å². The maximum Gasteiger partial charge on any atom is 0.276 e. The SMILES string of the molecule is Cc1cccc(C)c1OCC(=O)NNC(=O)COc1ccc(-c2ccccc2)cc1Br. The molecule has 7 heteroatoms. The summed E-state index contributed by atoms with van der Waals surface area (Å²) >= 11 is 3.47. The van der Waals surface area contributed by atoms with Gasteiger partial charge in [0.15, 0.2) is 13.2 Å². The van der Waals surface area contributed by atoms with Gasteiger partial charge in [-0.15, -0.1) is 0 Å². The molecule has 0 aliphatic heterocycles. The van der Waals surface area contributed by atoms with Crippen LogP contribution in [0.1, 0.15) is 11.1 Å². The lowest BCUT2D eigenvalue weighted by molar-refractivity contribution is -0.131. The zero-order valence-corrected chi connectivity index (χ0v) is 18.9. The van der Waals surface area contributed by atoms with Crippen molar-refractivity contribution in [2.24, 2.45) is 0 Å². The molecule has 6 nitrogen and oxygen atoms in total. The molecule has 31 heavy (non-hydrogen) atoms. The van der Waals surface area contributed by atoms with Crippen molar-refractivity contribution in [1.82, 2.24) is 10.9 Å². The van der Waals surface area contributed by atoms with Gasteiger partial charge >= 0.3 is 0 Å². The Balaban J connectivity index is 1.44. The number of nitrogens with one attached hydrogen (secondary N) is 2. The molecular weight excluding hydrogens is 460 g/mol. The van der Waals surface area contributed by atoms with Crippen LogP contribution in [0.5, 0.6) is 11.5 Å². The van der Waals surface area contributed by atoms with Crippen LogP contribution in [0.2, 0.25) is 0 Å². The highest BCUT2D eigenvalue weighted by atomic mass is 79.9. The second-order valence-electron chi connectivity index (χ2n) is 6.91. The van der Waals surface area contributed by atoms with Gasteiger partial charge in [0.25, 0.3) is 11.8 Å². The summed E-state index contributed by atoms with van der Waals surface area (Å²) in [5, 5.41) is 0. The Morgan fingerprint density at radius 3 is 2.00 bits per heavy atom. The van der Waals surface area contributed by atoms with Crippen LogP contribution < -0.4 is 20.3 Å². The van der Waals surface area contributed by atoms with Crippen LogP contribution in [0.15, 0.2) is 71.2 Å². The van der Waals surface area contributed by atoms with Gasteiger partial charge in [0.1, 0.15) is 11.5 Å². The molecule has 0 radical (unpaired) electrons. The minimum Gasteiger partial charge on any atom is -0.483 e. The summed E-state index contributed by atoms with van der Waals surface area (Å²) in [5.41, 5.74) is 8.62. The number of carbonyl (C=O) groups is 2. The van der Waals surface area contributed by atoms with Gasteiger partial charge in [-0.3, -0.25) is 20.4 Å². The minimum absolute atomic E-state index is 0.209. The minimum atomic E-state index is -0.487. The Hall–Kier alpha value is -3.32. The average molecular weight is 483 g/mol. The van der Waals surface area contributed by atoms with Crippen molar-refractivity contribution in [2.45, 2.75) is 13.8 Å². The molecule has 0 heterocycles. The molecule has 0 aliphatic carbocycles. The summed E-state index contributed by atoms with van der Waals surface area (Å²) in [5.74, 6) is 0.236. The Bertz CT molecular complexity index is 1050. The first-order valence-corrected chi connectivity index (χ1v) is 10.5. The van der Waals surface area contributed by atoms with E-state index in [1.807, 2.05) is 74.5 Å². The highest BCUT2D eigenvalue weighted by Gasteiger charge is 2.10. The van der Waals surface area contributed by atoms with Crippen molar-refractivity contribution in [1.29, 1.82) is 0 Å². The summed E-state index contributed by atoms with van der Waals surface area (Å²) in [6.45, 7) is 3.36. The number of rotatable bonds is 7. The number of hydrazine groups is 1. The van der Waals surface area contributed by atoms with Crippen molar-refractivity contribution < 1.29 is 19.1 Å². The maximum atomic E-state index is 12.0. The van der Waals surface area contributed by atoms with E-state index in [1.165, 1.54) is 0 Å². The van der Waals surface area contributed by atoms with Crippen LogP contribution in [0.4, 0.5) is 0 Å². The summed E-state index contributed by atoms with van der Waals surface area (Å²) in [6, 6.07) is 21.3. The summed E-state index contributed by atoms with van der Waals surface area (Å²) in [7, 11) is 0. The van der Waals surface area contributed by atoms with Crippen molar-refractivity contribution >= 4 is 27.7 Å². The average Bonchev–Trinajstić information content (AvgIpc) is 2.77. The molecule has 2 amide bonds. The number of benzene rings is 3. The van der Waals surface area contributed by atoms with Gasteiger partial charge in [0.05, 0.1) is 4.47 Å². The van der Waals surface area contributed by atoms with Gasteiger partial charge in [-0.1, -0.05) is 54.6 Å². The molecule has 2 N–H and O–H groups in total. The zero-order valence-electron chi connectivity index (χ0n) is 17.3. The Morgan fingerprint density at radius 1 is 0.774 bits per heavy atom. The van der Waals surface area contributed by atoms with Gasteiger partial charge in [-0.05, 0) is 64.2 Å². The molecule has 0 unspecified atom stereocenters. The van der Waals surface area contributed by atoms with Crippen molar-refractivity contribution in [3.8, 4) is 22.6 Å². The molecular formula is C24H23BrN2O4. The number of aryl methyl sites for hydroxylation is 2. The molecule has 0 fully saturated rings. The van der Waals surface area contributed by atoms with Crippen LogP contribution in [0.25, 0.3) is 11.1 Å². The molecule has 3 aromatic rings. The summed E-state index contributed by atoms with van der Waals surface area (Å²) < 4.78 is 11.8. The quantitative estimate of drug-likeness (QED) is 0.491. The number of hydrogen-bond donors (Lipinski definition) is 2. The van der Waals surface area contributed by atoms with E-state index in [1.54, 1.807) is 6.07 Å². The number of amides is 2. The third-order valence-electron chi connectivity index (χ3n) is 4.50. The van der Waals surface area contributed by atoms with E-state index in [4.69, 9.17) is 9.47 Å². The van der Waals surface area contributed by atoms with E-state index < -0.39 is 11.8 Å².